The minimum Gasteiger partial charge on any atom is -0.470 e. The van der Waals surface area contributed by atoms with E-state index >= 15 is 0 Å². The molecule has 0 bridgehead atoms. The SMILES string of the molecule is C1=CC2c3cccc4c(-c5ccc6ccc(Nc7ccc(-c8ccc9c(c8)C8C=CC=CC8N9c8ccoc8)cc7C7=CCCC=C7)cc6c5)ccc(c34)C2C=C1. The molecule has 57 heavy (non-hydrogen) atoms. The maximum absolute atomic E-state index is 5.52. The fourth-order valence-corrected chi connectivity index (χ4v) is 10.2. The van der Waals surface area contributed by atoms with E-state index in [2.05, 4.69) is 186 Å². The number of benzene rings is 6. The molecule has 0 fully saturated rings. The van der Waals surface area contributed by atoms with Gasteiger partial charge in [0, 0.05) is 46.4 Å². The first-order chi connectivity index (χ1) is 28.2. The summed E-state index contributed by atoms with van der Waals surface area (Å²) in [5, 5.41) is 9.10. The number of furan rings is 1. The normalized spacial score (nSPS) is 20.9. The summed E-state index contributed by atoms with van der Waals surface area (Å²) in [5.74, 6) is 1.15. The van der Waals surface area contributed by atoms with Gasteiger partial charge < -0.3 is 14.6 Å². The second-order valence-corrected chi connectivity index (χ2v) is 16.0. The van der Waals surface area contributed by atoms with Crippen LogP contribution < -0.4 is 10.2 Å². The van der Waals surface area contributed by atoms with E-state index in [1.165, 1.54) is 77.3 Å². The summed E-state index contributed by atoms with van der Waals surface area (Å²) in [4.78, 5) is 2.41. The van der Waals surface area contributed by atoms with E-state index in [-0.39, 0.29) is 12.0 Å². The van der Waals surface area contributed by atoms with Crippen LogP contribution in [0.4, 0.5) is 22.7 Å². The Balaban J connectivity index is 0.901. The molecule has 12 rings (SSSR count). The summed E-state index contributed by atoms with van der Waals surface area (Å²) in [7, 11) is 0. The number of hydrogen-bond donors (Lipinski definition) is 1. The number of fused-ring (bicyclic) bond motifs is 7. The van der Waals surface area contributed by atoms with E-state index in [9.17, 15) is 0 Å². The highest BCUT2D eigenvalue weighted by molar-refractivity contribution is 6.04. The van der Waals surface area contributed by atoms with Gasteiger partial charge in [-0.2, -0.15) is 0 Å². The van der Waals surface area contributed by atoms with Crippen LogP contribution in [0.15, 0.2) is 193 Å². The highest BCUT2D eigenvalue weighted by Gasteiger charge is 2.38. The molecule has 1 aromatic heterocycles. The molecule has 7 aromatic rings. The maximum atomic E-state index is 5.52. The van der Waals surface area contributed by atoms with E-state index in [0.717, 1.165) is 29.9 Å². The Labute approximate surface area is 333 Å². The quantitative estimate of drug-likeness (QED) is 0.185. The minimum absolute atomic E-state index is 0.235. The van der Waals surface area contributed by atoms with Gasteiger partial charge in [-0.3, -0.25) is 0 Å². The van der Waals surface area contributed by atoms with Gasteiger partial charge in [0.1, 0.15) is 6.26 Å². The highest BCUT2D eigenvalue weighted by atomic mass is 16.3. The monoisotopic (exact) mass is 732 g/mol. The average molecular weight is 733 g/mol. The second-order valence-electron chi connectivity index (χ2n) is 16.0. The first kappa shape index (κ1) is 32.4. The Morgan fingerprint density at radius 3 is 2.26 bits per heavy atom. The predicted molar refractivity (Wildman–Crippen MR) is 238 cm³/mol. The molecule has 4 unspecified atom stereocenters. The third-order valence-electron chi connectivity index (χ3n) is 12.9. The van der Waals surface area contributed by atoms with E-state index in [0.29, 0.717) is 11.8 Å². The van der Waals surface area contributed by atoms with Crippen molar-refractivity contribution in [1.29, 1.82) is 0 Å². The molecule has 0 saturated heterocycles. The van der Waals surface area contributed by atoms with Crippen LogP contribution in [0.1, 0.15) is 52.8 Å². The van der Waals surface area contributed by atoms with Crippen LogP contribution in [0.25, 0.3) is 49.4 Å². The molecule has 4 aliphatic carbocycles. The van der Waals surface area contributed by atoms with Gasteiger partial charge in [0.2, 0.25) is 0 Å². The topological polar surface area (TPSA) is 28.4 Å². The summed E-state index contributed by atoms with van der Waals surface area (Å²) in [6.07, 6.45) is 30.8. The Bertz CT molecular complexity index is 2950. The van der Waals surface area contributed by atoms with Gasteiger partial charge in [0.25, 0.3) is 0 Å². The lowest BCUT2D eigenvalue weighted by molar-refractivity contribution is 0.566. The van der Waals surface area contributed by atoms with Crippen LogP contribution in [0, 0.1) is 0 Å². The van der Waals surface area contributed by atoms with Crippen LogP contribution >= 0.6 is 0 Å². The van der Waals surface area contributed by atoms with Crippen molar-refractivity contribution in [3.05, 3.63) is 211 Å². The van der Waals surface area contributed by atoms with Crippen molar-refractivity contribution in [2.45, 2.75) is 36.6 Å². The molecule has 4 atom stereocenters. The molecule has 2 heterocycles. The Kier molecular flexibility index (Phi) is 7.31. The van der Waals surface area contributed by atoms with E-state index in [1.54, 1.807) is 6.26 Å². The Morgan fingerprint density at radius 2 is 1.40 bits per heavy atom. The van der Waals surface area contributed by atoms with Crippen molar-refractivity contribution in [2.24, 2.45) is 0 Å². The Hall–Kier alpha value is -6.84. The zero-order valence-electron chi connectivity index (χ0n) is 31.5. The first-order valence-electron chi connectivity index (χ1n) is 20.3. The van der Waals surface area contributed by atoms with Crippen LogP contribution in [-0.4, -0.2) is 6.04 Å². The molecule has 3 heteroatoms. The number of rotatable bonds is 6. The molecule has 0 saturated carbocycles. The molecule has 1 aliphatic heterocycles. The zero-order valence-corrected chi connectivity index (χ0v) is 31.5. The summed E-state index contributed by atoms with van der Waals surface area (Å²) in [5.41, 5.74) is 16.2. The molecule has 0 amide bonds. The molecule has 3 nitrogen and oxygen atoms in total. The zero-order chi connectivity index (χ0) is 37.5. The van der Waals surface area contributed by atoms with Crippen LogP contribution in [0.5, 0.6) is 0 Å². The third-order valence-corrected chi connectivity index (χ3v) is 12.9. The highest BCUT2D eigenvalue weighted by Crippen LogP contribution is 2.52. The predicted octanol–water partition coefficient (Wildman–Crippen LogP) is 14.4. The smallest absolute Gasteiger partial charge is 0.114 e. The summed E-state index contributed by atoms with van der Waals surface area (Å²) in [6, 6.07) is 41.4. The first-order valence-corrected chi connectivity index (χ1v) is 20.3. The number of nitrogens with one attached hydrogen (secondary N) is 1. The third kappa shape index (κ3) is 5.19. The van der Waals surface area contributed by atoms with Crippen LogP contribution in [0.2, 0.25) is 0 Å². The van der Waals surface area contributed by atoms with Gasteiger partial charge in [-0.05, 0) is 121 Å². The van der Waals surface area contributed by atoms with Crippen LogP contribution in [-0.2, 0) is 0 Å². The van der Waals surface area contributed by atoms with Gasteiger partial charge in [0.15, 0.2) is 0 Å². The average Bonchev–Trinajstić information content (AvgIpc) is 4.00. The molecule has 0 radical (unpaired) electrons. The molecular formula is C54H40N2O. The number of hydrogen-bond acceptors (Lipinski definition) is 3. The summed E-state index contributed by atoms with van der Waals surface area (Å²) < 4.78 is 5.52. The number of allylic oxidation sites excluding steroid dienone is 10. The van der Waals surface area contributed by atoms with Gasteiger partial charge in [0.05, 0.1) is 18.0 Å². The largest absolute Gasteiger partial charge is 0.470 e. The standard InChI is InChI=1S/C54H40N2O/c1-2-9-35(10-3-1)49-31-36(37-21-26-53-50(32-37)45-13-6-7-16-52(45)56(53)41-27-28-57-33-41)20-25-51(49)55-40-22-19-34-17-18-38(29-39(34)30-40)42-23-24-48-44-12-5-4-11-43(44)47-15-8-14-46(42)54(47)48/h2,4-33,43-45,52,55H,1,3H2. The summed E-state index contributed by atoms with van der Waals surface area (Å²) in [6.45, 7) is 0. The Morgan fingerprint density at radius 1 is 0.596 bits per heavy atom. The van der Waals surface area contributed by atoms with Crippen molar-refractivity contribution in [3.8, 4) is 22.3 Å². The fourth-order valence-electron chi connectivity index (χ4n) is 10.2. The number of anilines is 4. The van der Waals surface area contributed by atoms with Crippen molar-refractivity contribution < 1.29 is 4.42 Å². The molecule has 272 valence electrons. The van der Waals surface area contributed by atoms with E-state index < -0.39 is 0 Å². The van der Waals surface area contributed by atoms with Gasteiger partial charge in [-0.1, -0.05) is 127 Å². The maximum Gasteiger partial charge on any atom is 0.114 e. The molecule has 5 aliphatic rings. The summed E-state index contributed by atoms with van der Waals surface area (Å²) >= 11 is 0. The van der Waals surface area contributed by atoms with Crippen molar-refractivity contribution in [2.75, 3.05) is 10.2 Å². The number of nitrogens with zero attached hydrogens (tertiary/aromatic N) is 1. The van der Waals surface area contributed by atoms with Crippen molar-refractivity contribution in [1.82, 2.24) is 0 Å². The van der Waals surface area contributed by atoms with Crippen LogP contribution in [0.3, 0.4) is 0 Å². The van der Waals surface area contributed by atoms with Gasteiger partial charge >= 0.3 is 0 Å². The molecule has 0 spiro atoms. The lowest BCUT2D eigenvalue weighted by atomic mass is 9.86. The molecule has 6 aromatic carbocycles. The van der Waals surface area contributed by atoms with Gasteiger partial charge in [-0.25, -0.2) is 0 Å². The minimum atomic E-state index is 0.235. The van der Waals surface area contributed by atoms with E-state index in [1.807, 2.05) is 6.26 Å². The lowest BCUT2D eigenvalue weighted by Gasteiger charge is -2.27. The van der Waals surface area contributed by atoms with Gasteiger partial charge in [-0.15, -0.1) is 0 Å². The van der Waals surface area contributed by atoms with Crippen molar-refractivity contribution >= 4 is 49.9 Å². The molecular weight excluding hydrogens is 693 g/mol. The fraction of sp³-hybridized carbons (Fsp3) is 0.111. The second kappa shape index (κ2) is 12.9. The molecule has 1 N–H and O–H groups in total. The van der Waals surface area contributed by atoms with Crippen molar-refractivity contribution in [3.63, 3.8) is 0 Å². The lowest BCUT2D eigenvalue weighted by Crippen LogP contribution is -2.28. The van der Waals surface area contributed by atoms with E-state index in [4.69, 9.17) is 4.42 Å².